The molecule has 10 heteroatoms. The van der Waals surface area contributed by atoms with Crippen LogP contribution >= 0.6 is 0 Å². The molecule has 0 aromatic heterocycles. The van der Waals surface area contributed by atoms with E-state index in [-0.39, 0.29) is 23.1 Å². The SMILES string of the molecule is O=C1C=CC(=O)c2ccccc21.O=C1C=CC(=O)c2ccccc21.[N-]=[N+]=N.[N-]=[N+]=[N-]. The number of carbonyl (C=O) groups excluding carboxylic acids is 4. The topological polar surface area (TPSA) is 187 Å². The standard InChI is InChI=1S/2C10H6O2.HN3.N3/c2*11-9-5-6-10(12)8-4-2-1-3-7(8)9;2*1-3-2/h2*1-6H;1H;/q;;;-1. The third-order valence-corrected chi connectivity index (χ3v) is 3.69. The van der Waals surface area contributed by atoms with Gasteiger partial charge in [0.2, 0.25) is 0 Å². The van der Waals surface area contributed by atoms with Crippen LogP contribution in [0.2, 0.25) is 0 Å². The zero-order chi connectivity index (χ0) is 22.5. The first-order valence-electron chi connectivity index (χ1n) is 8.12. The second-order valence-corrected chi connectivity index (χ2v) is 5.40. The Balaban J connectivity index is 0.000000239. The van der Waals surface area contributed by atoms with Gasteiger partial charge in [-0.15, -0.1) is 5.53 Å². The summed E-state index contributed by atoms with van der Waals surface area (Å²) in [6.45, 7) is 0. The summed E-state index contributed by atoms with van der Waals surface area (Å²) < 4.78 is 0. The Morgan fingerprint density at radius 1 is 0.533 bits per heavy atom. The fourth-order valence-electron chi connectivity index (χ4n) is 2.49. The van der Waals surface area contributed by atoms with Crippen LogP contribution in [0.1, 0.15) is 41.4 Å². The number of hydrogen-bond acceptors (Lipinski definition) is 5. The summed E-state index contributed by atoms with van der Waals surface area (Å²) in [6.07, 6.45) is 5.24. The van der Waals surface area contributed by atoms with Crippen LogP contribution in [0.3, 0.4) is 0 Å². The molecule has 0 bridgehead atoms. The highest BCUT2D eigenvalue weighted by atomic mass is 16.1. The number of hydrogen-bond donors (Lipinski definition) is 1. The van der Waals surface area contributed by atoms with Crippen molar-refractivity contribution in [2.24, 2.45) is 0 Å². The maximum Gasteiger partial charge on any atom is 0.186 e. The molecule has 2 aliphatic rings. The molecular formula is C20H13N6O4-. The Hall–Kier alpha value is -4.78. The van der Waals surface area contributed by atoms with E-state index in [0.717, 1.165) is 0 Å². The molecule has 0 aliphatic heterocycles. The van der Waals surface area contributed by atoms with E-state index in [2.05, 4.69) is 0 Å². The molecule has 30 heavy (non-hydrogen) atoms. The Kier molecular flexibility index (Phi) is 9.17. The molecule has 0 amide bonds. The van der Waals surface area contributed by atoms with E-state index in [1.165, 1.54) is 29.2 Å². The smallest absolute Gasteiger partial charge is 0.186 e. The normalized spacial score (nSPS) is 12.3. The predicted octanol–water partition coefficient (Wildman–Crippen LogP) is 4.99. The molecule has 1 N–H and O–H groups in total. The van der Waals surface area contributed by atoms with Crippen LogP contribution < -0.4 is 0 Å². The van der Waals surface area contributed by atoms with Crippen molar-refractivity contribution in [3.8, 4) is 0 Å². The van der Waals surface area contributed by atoms with Crippen molar-refractivity contribution in [1.82, 2.24) is 0 Å². The molecule has 0 heterocycles. The van der Waals surface area contributed by atoms with E-state index >= 15 is 0 Å². The van der Waals surface area contributed by atoms with Crippen molar-refractivity contribution >= 4 is 23.1 Å². The van der Waals surface area contributed by atoms with Gasteiger partial charge in [0, 0.05) is 22.3 Å². The minimum atomic E-state index is -0.0924. The highest BCUT2D eigenvalue weighted by Gasteiger charge is 2.17. The lowest BCUT2D eigenvalue weighted by Crippen LogP contribution is -2.10. The monoisotopic (exact) mass is 401 g/mol. The van der Waals surface area contributed by atoms with Crippen LogP contribution in [-0.4, -0.2) is 23.1 Å². The number of carbonyl (C=O) groups is 4. The van der Waals surface area contributed by atoms with Crippen molar-refractivity contribution in [3.05, 3.63) is 122 Å². The number of fused-ring (bicyclic) bond motifs is 2. The van der Waals surface area contributed by atoms with Gasteiger partial charge in [0.15, 0.2) is 23.1 Å². The first kappa shape index (κ1) is 23.3. The van der Waals surface area contributed by atoms with Gasteiger partial charge in [-0.05, 0) is 34.7 Å². The van der Waals surface area contributed by atoms with Gasteiger partial charge in [-0.2, -0.15) is 0 Å². The molecule has 4 rings (SSSR count). The molecule has 2 aromatic carbocycles. The molecule has 0 fully saturated rings. The quantitative estimate of drug-likeness (QED) is 0.370. The van der Waals surface area contributed by atoms with Crippen molar-refractivity contribution in [3.63, 3.8) is 0 Å². The lowest BCUT2D eigenvalue weighted by molar-refractivity contribution is 0.0994. The Labute approximate surface area is 170 Å². The van der Waals surface area contributed by atoms with E-state index in [1.807, 2.05) is 0 Å². The maximum atomic E-state index is 11.2. The number of nitrogens with one attached hydrogen (secondary N) is 1. The molecule has 0 saturated heterocycles. The predicted molar refractivity (Wildman–Crippen MR) is 108 cm³/mol. The highest BCUT2D eigenvalue weighted by molar-refractivity contribution is 6.22. The molecule has 0 spiro atoms. The van der Waals surface area contributed by atoms with Gasteiger partial charge in [-0.25, -0.2) is 0 Å². The van der Waals surface area contributed by atoms with Crippen molar-refractivity contribution in [1.29, 1.82) is 5.53 Å². The van der Waals surface area contributed by atoms with Gasteiger partial charge < -0.3 is 11.1 Å². The fraction of sp³-hybridized carbons (Fsp3) is 0. The van der Waals surface area contributed by atoms with Gasteiger partial charge in [0.1, 0.15) is 0 Å². The average molecular weight is 401 g/mol. The van der Waals surface area contributed by atoms with E-state index < -0.39 is 0 Å². The Bertz CT molecular complexity index is 958. The summed E-state index contributed by atoms with van der Waals surface area (Å²) in [5, 5.41) is 0. The van der Waals surface area contributed by atoms with Crippen molar-refractivity contribution < 1.29 is 19.2 Å². The molecule has 0 radical (unpaired) electrons. The number of rotatable bonds is 0. The lowest BCUT2D eigenvalue weighted by Gasteiger charge is -2.06. The van der Waals surface area contributed by atoms with E-state index in [1.54, 1.807) is 53.4 Å². The molecule has 0 unspecified atom stereocenters. The van der Waals surface area contributed by atoms with Gasteiger partial charge in [-0.3, -0.25) is 24.1 Å². The summed E-state index contributed by atoms with van der Waals surface area (Å²) in [5.41, 5.74) is 27.8. The molecule has 10 nitrogen and oxygen atoms in total. The van der Waals surface area contributed by atoms with Crippen LogP contribution in [-0.2, 0) is 0 Å². The number of ketones is 4. The number of nitrogens with zero attached hydrogens (tertiary/aromatic N) is 5. The first-order chi connectivity index (χ1) is 14.4. The van der Waals surface area contributed by atoms with Crippen molar-refractivity contribution in [2.45, 2.75) is 0 Å². The van der Waals surface area contributed by atoms with Crippen LogP contribution in [0.5, 0.6) is 0 Å². The third-order valence-electron chi connectivity index (χ3n) is 3.69. The van der Waals surface area contributed by atoms with Crippen LogP contribution in [0.15, 0.2) is 72.8 Å². The van der Waals surface area contributed by atoms with Crippen molar-refractivity contribution in [2.75, 3.05) is 0 Å². The summed E-state index contributed by atoms with van der Waals surface area (Å²) in [5.74, 6) is -0.370. The molecular weight excluding hydrogens is 388 g/mol. The maximum absolute atomic E-state index is 11.2. The fourth-order valence-corrected chi connectivity index (χ4v) is 2.49. The summed E-state index contributed by atoms with van der Waals surface area (Å²) >= 11 is 0. The molecule has 2 aliphatic carbocycles. The first-order valence-corrected chi connectivity index (χ1v) is 8.12. The third kappa shape index (κ3) is 6.14. The lowest BCUT2D eigenvalue weighted by atomic mass is 9.95. The summed E-state index contributed by atoms with van der Waals surface area (Å²) in [4.78, 5) is 48.0. The number of benzene rings is 2. The average Bonchev–Trinajstić information content (AvgIpc) is 2.76. The van der Waals surface area contributed by atoms with E-state index in [4.69, 9.17) is 22.1 Å². The largest absolute Gasteiger partial charge is 0.373 e. The molecule has 0 atom stereocenters. The van der Waals surface area contributed by atoms with Crippen LogP contribution in [0, 0.1) is 5.53 Å². The molecule has 148 valence electrons. The van der Waals surface area contributed by atoms with E-state index in [9.17, 15) is 19.2 Å². The van der Waals surface area contributed by atoms with Crippen LogP contribution in [0.25, 0.3) is 26.4 Å². The molecule has 0 saturated carbocycles. The van der Waals surface area contributed by atoms with Gasteiger partial charge in [0.05, 0.1) is 0 Å². The Morgan fingerprint density at radius 3 is 0.867 bits per heavy atom. The summed E-state index contributed by atoms with van der Waals surface area (Å²) in [7, 11) is 0. The second kappa shape index (κ2) is 11.8. The Morgan fingerprint density at radius 2 is 0.700 bits per heavy atom. The zero-order valence-corrected chi connectivity index (χ0v) is 15.3. The van der Waals surface area contributed by atoms with Gasteiger partial charge in [0.25, 0.3) is 0 Å². The van der Waals surface area contributed by atoms with Gasteiger partial charge >= 0.3 is 0 Å². The van der Waals surface area contributed by atoms with Gasteiger partial charge in [-0.1, -0.05) is 48.5 Å². The summed E-state index contributed by atoms with van der Waals surface area (Å²) in [6, 6.07) is 13.7. The molecule has 2 aromatic rings. The van der Waals surface area contributed by atoms with Crippen LogP contribution in [0.4, 0.5) is 0 Å². The number of allylic oxidation sites excluding steroid dienone is 4. The zero-order valence-electron chi connectivity index (χ0n) is 15.3. The second-order valence-electron chi connectivity index (χ2n) is 5.40. The van der Waals surface area contributed by atoms with E-state index in [0.29, 0.717) is 22.3 Å². The minimum absolute atomic E-state index is 0.0924. The minimum Gasteiger partial charge on any atom is -0.373 e. The highest BCUT2D eigenvalue weighted by Crippen LogP contribution is 2.16.